The number of nitrogens with zero attached hydrogens (tertiary/aromatic N) is 2. The van der Waals surface area contributed by atoms with Gasteiger partial charge in [0.15, 0.2) is 0 Å². The minimum atomic E-state index is -0.194. The second-order valence-corrected chi connectivity index (χ2v) is 6.13. The number of amides is 1. The molecule has 0 spiro atoms. The summed E-state index contributed by atoms with van der Waals surface area (Å²) in [5.74, 6) is 0.768. The van der Waals surface area contributed by atoms with Crippen molar-refractivity contribution in [2.24, 2.45) is 0 Å². The number of hydrogen-bond donors (Lipinski definition) is 1. The molecule has 120 valence electrons. The molecule has 5 nitrogen and oxygen atoms in total. The number of methoxy groups -OCH3 is 1. The summed E-state index contributed by atoms with van der Waals surface area (Å²) in [4.78, 5) is 16.8. The van der Waals surface area contributed by atoms with Crippen LogP contribution >= 0.6 is 0 Å². The van der Waals surface area contributed by atoms with Crippen LogP contribution in [0.2, 0.25) is 0 Å². The molecule has 1 N–H and O–H groups in total. The average molecular weight is 304 g/mol. The van der Waals surface area contributed by atoms with E-state index >= 15 is 0 Å². The zero-order chi connectivity index (χ0) is 15.5. The van der Waals surface area contributed by atoms with E-state index < -0.39 is 0 Å². The van der Waals surface area contributed by atoms with Crippen molar-refractivity contribution in [2.45, 2.75) is 31.4 Å². The minimum absolute atomic E-state index is 0.0607. The molecule has 1 heterocycles. The van der Waals surface area contributed by atoms with Crippen LogP contribution in [0.4, 0.5) is 0 Å². The molecule has 3 rings (SSSR count). The second kappa shape index (κ2) is 6.67. The monoisotopic (exact) mass is 304 g/mol. The van der Waals surface area contributed by atoms with Crippen molar-refractivity contribution in [3.63, 3.8) is 0 Å². The lowest BCUT2D eigenvalue weighted by Crippen LogP contribution is -2.53. The van der Waals surface area contributed by atoms with Crippen molar-refractivity contribution in [1.29, 1.82) is 0 Å². The van der Waals surface area contributed by atoms with Crippen LogP contribution in [0.1, 0.15) is 29.6 Å². The highest BCUT2D eigenvalue weighted by atomic mass is 16.5. The van der Waals surface area contributed by atoms with Crippen molar-refractivity contribution in [3.8, 4) is 5.75 Å². The molecule has 1 aromatic rings. The van der Waals surface area contributed by atoms with Gasteiger partial charge < -0.3 is 14.7 Å². The van der Waals surface area contributed by atoms with E-state index in [9.17, 15) is 9.90 Å². The van der Waals surface area contributed by atoms with E-state index in [0.29, 0.717) is 11.3 Å². The van der Waals surface area contributed by atoms with Crippen LogP contribution < -0.4 is 4.74 Å². The number of piperazine rings is 1. The first-order valence-corrected chi connectivity index (χ1v) is 8.04. The SMILES string of the molecule is COc1cccc(C(=O)N2CCN([C@@H]3CCC[C@@H]3O)CC2)c1. The number of aliphatic hydroxyl groups excluding tert-OH is 1. The number of carbonyl (C=O) groups is 1. The molecule has 0 unspecified atom stereocenters. The molecule has 1 amide bonds. The van der Waals surface area contributed by atoms with E-state index in [1.54, 1.807) is 13.2 Å². The Labute approximate surface area is 131 Å². The summed E-state index contributed by atoms with van der Waals surface area (Å²) in [6.45, 7) is 3.13. The van der Waals surface area contributed by atoms with E-state index in [2.05, 4.69) is 4.90 Å². The molecule has 5 heteroatoms. The molecule has 2 atom stereocenters. The smallest absolute Gasteiger partial charge is 0.254 e. The number of benzene rings is 1. The highest BCUT2D eigenvalue weighted by molar-refractivity contribution is 5.94. The van der Waals surface area contributed by atoms with Gasteiger partial charge >= 0.3 is 0 Å². The number of rotatable bonds is 3. The van der Waals surface area contributed by atoms with Crippen LogP contribution in [0.25, 0.3) is 0 Å². The van der Waals surface area contributed by atoms with Crippen LogP contribution in [0, 0.1) is 0 Å². The van der Waals surface area contributed by atoms with Gasteiger partial charge in [0.2, 0.25) is 0 Å². The molecule has 1 aliphatic heterocycles. The Morgan fingerprint density at radius 1 is 1.23 bits per heavy atom. The van der Waals surface area contributed by atoms with Crippen molar-refractivity contribution in [2.75, 3.05) is 33.3 Å². The summed E-state index contributed by atoms with van der Waals surface area (Å²) in [6, 6.07) is 7.59. The summed E-state index contributed by atoms with van der Waals surface area (Å²) in [5.41, 5.74) is 0.675. The number of ether oxygens (including phenoxy) is 1. The van der Waals surface area contributed by atoms with Gasteiger partial charge in [-0.3, -0.25) is 9.69 Å². The maximum atomic E-state index is 12.6. The van der Waals surface area contributed by atoms with Crippen molar-refractivity contribution in [1.82, 2.24) is 9.80 Å². The van der Waals surface area contributed by atoms with E-state index in [-0.39, 0.29) is 18.1 Å². The molecular weight excluding hydrogens is 280 g/mol. The molecule has 1 saturated carbocycles. The van der Waals surface area contributed by atoms with Gasteiger partial charge in [-0.05, 0) is 37.5 Å². The summed E-state index contributed by atoms with van der Waals surface area (Å²) in [6.07, 6.45) is 2.90. The molecule has 1 saturated heterocycles. The summed E-state index contributed by atoms with van der Waals surface area (Å²) in [7, 11) is 1.61. The van der Waals surface area contributed by atoms with Gasteiger partial charge in [-0.15, -0.1) is 0 Å². The van der Waals surface area contributed by atoms with Gasteiger partial charge in [0.25, 0.3) is 5.91 Å². The zero-order valence-corrected chi connectivity index (χ0v) is 13.1. The molecule has 0 bridgehead atoms. The Bertz CT molecular complexity index is 526. The van der Waals surface area contributed by atoms with Crippen molar-refractivity contribution >= 4 is 5.91 Å². The van der Waals surface area contributed by atoms with Crippen LogP contribution in [0.5, 0.6) is 5.75 Å². The van der Waals surface area contributed by atoms with Crippen molar-refractivity contribution in [3.05, 3.63) is 29.8 Å². The topological polar surface area (TPSA) is 53.0 Å². The third kappa shape index (κ3) is 3.10. The van der Waals surface area contributed by atoms with Gasteiger partial charge in [0, 0.05) is 37.8 Å². The van der Waals surface area contributed by atoms with Crippen LogP contribution in [-0.2, 0) is 0 Å². The number of aliphatic hydroxyl groups is 1. The molecule has 22 heavy (non-hydrogen) atoms. The first kappa shape index (κ1) is 15.3. The van der Waals surface area contributed by atoms with E-state index in [1.165, 1.54) is 0 Å². The summed E-state index contributed by atoms with van der Waals surface area (Å²) >= 11 is 0. The Morgan fingerprint density at radius 2 is 2.00 bits per heavy atom. The highest BCUT2D eigenvalue weighted by Gasteiger charge is 2.33. The second-order valence-electron chi connectivity index (χ2n) is 6.13. The van der Waals surface area contributed by atoms with E-state index in [4.69, 9.17) is 4.74 Å². The molecule has 1 aliphatic carbocycles. The molecular formula is C17H24N2O3. The fraction of sp³-hybridized carbons (Fsp3) is 0.588. The zero-order valence-electron chi connectivity index (χ0n) is 13.1. The van der Waals surface area contributed by atoms with Crippen LogP contribution in [0.3, 0.4) is 0 Å². The largest absolute Gasteiger partial charge is 0.497 e. The standard InChI is InChI=1S/C17H24N2O3/c1-22-14-5-2-4-13(12-14)17(21)19-10-8-18(9-11-19)15-6-3-7-16(15)20/h2,4-5,12,15-16,20H,3,6-11H2,1H3/t15-,16+/m1/s1. The molecule has 0 aromatic heterocycles. The van der Waals surface area contributed by atoms with E-state index in [0.717, 1.165) is 45.4 Å². The quantitative estimate of drug-likeness (QED) is 0.916. The number of hydrogen-bond acceptors (Lipinski definition) is 4. The predicted octanol–water partition coefficient (Wildman–Crippen LogP) is 1.37. The maximum absolute atomic E-state index is 12.6. The Balaban J connectivity index is 1.59. The third-order valence-electron chi connectivity index (χ3n) is 4.83. The average Bonchev–Trinajstić information content (AvgIpc) is 3.00. The lowest BCUT2D eigenvalue weighted by molar-refractivity contribution is 0.0315. The summed E-state index contributed by atoms with van der Waals surface area (Å²) < 4.78 is 5.18. The Kier molecular flexibility index (Phi) is 4.64. The highest BCUT2D eigenvalue weighted by Crippen LogP contribution is 2.25. The maximum Gasteiger partial charge on any atom is 0.254 e. The molecule has 1 aromatic carbocycles. The molecule has 2 aliphatic rings. The predicted molar refractivity (Wildman–Crippen MR) is 84.1 cm³/mol. The molecule has 0 radical (unpaired) electrons. The summed E-state index contributed by atoms with van der Waals surface area (Å²) in [5, 5.41) is 10.0. The Hall–Kier alpha value is -1.59. The number of carbonyl (C=O) groups excluding carboxylic acids is 1. The van der Waals surface area contributed by atoms with Gasteiger partial charge in [0.05, 0.1) is 13.2 Å². The van der Waals surface area contributed by atoms with Gasteiger partial charge in [-0.25, -0.2) is 0 Å². The first-order valence-electron chi connectivity index (χ1n) is 8.04. The van der Waals surface area contributed by atoms with Gasteiger partial charge in [0.1, 0.15) is 5.75 Å². The van der Waals surface area contributed by atoms with Gasteiger partial charge in [-0.1, -0.05) is 6.07 Å². The van der Waals surface area contributed by atoms with Crippen LogP contribution in [-0.4, -0.2) is 66.2 Å². The van der Waals surface area contributed by atoms with Crippen molar-refractivity contribution < 1.29 is 14.6 Å². The third-order valence-corrected chi connectivity index (χ3v) is 4.83. The fourth-order valence-corrected chi connectivity index (χ4v) is 3.54. The lowest BCUT2D eigenvalue weighted by atomic mass is 10.1. The fourth-order valence-electron chi connectivity index (χ4n) is 3.54. The first-order chi connectivity index (χ1) is 10.7. The van der Waals surface area contributed by atoms with Gasteiger partial charge in [-0.2, -0.15) is 0 Å². The lowest BCUT2D eigenvalue weighted by Gasteiger charge is -2.39. The minimum Gasteiger partial charge on any atom is -0.497 e. The normalized spacial score (nSPS) is 26.2. The Morgan fingerprint density at radius 3 is 2.64 bits per heavy atom. The molecule has 2 fully saturated rings. The van der Waals surface area contributed by atoms with E-state index in [1.807, 2.05) is 23.1 Å². The van der Waals surface area contributed by atoms with Crippen LogP contribution in [0.15, 0.2) is 24.3 Å².